The Kier molecular flexibility index (Phi) is 4.48. The van der Waals surface area contributed by atoms with Crippen LogP contribution in [-0.2, 0) is 0 Å². The highest BCUT2D eigenvalue weighted by molar-refractivity contribution is 9.10. The zero-order chi connectivity index (χ0) is 16.7. The molecule has 0 saturated carbocycles. The summed E-state index contributed by atoms with van der Waals surface area (Å²) in [6.07, 6.45) is 1.53. The summed E-state index contributed by atoms with van der Waals surface area (Å²) in [5, 5.41) is 2.81. The van der Waals surface area contributed by atoms with Crippen LogP contribution in [0, 0.1) is 11.6 Å². The van der Waals surface area contributed by atoms with Crippen LogP contribution in [0.5, 0.6) is 5.75 Å². The van der Waals surface area contributed by atoms with Crippen LogP contribution in [0.25, 0.3) is 0 Å². The highest BCUT2D eigenvalue weighted by Gasteiger charge is 2.34. The lowest BCUT2D eigenvalue weighted by atomic mass is 10.1. The molecule has 0 amide bonds. The van der Waals surface area contributed by atoms with E-state index in [1.54, 1.807) is 4.90 Å². The number of benzene rings is 1. The molecule has 0 radical (unpaired) electrons. The molecule has 2 aliphatic heterocycles. The van der Waals surface area contributed by atoms with Gasteiger partial charge in [-0.2, -0.15) is 0 Å². The van der Waals surface area contributed by atoms with Gasteiger partial charge >= 0.3 is 0 Å². The number of hydrogen-bond acceptors (Lipinski definition) is 5. The summed E-state index contributed by atoms with van der Waals surface area (Å²) < 4.78 is 33.9. The maximum Gasteiger partial charge on any atom is 0.210 e. The monoisotopic (exact) mass is 406 g/mol. The Morgan fingerprint density at radius 2 is 2.17 bits per heavy atom. The van der Waals surface area contributed by atoms with Gasteiger partial charge in [0.2, 0.25) is 5.22 Å². The molecule has 9 heteroatoms. The van der Waals surface area contributed by atoms with Crippen LogP contribution in [0.2, 0.25) is 0 Å². The van der Waals surface area contributed by atoms with E-state index in [1.807, 2.05) is 19.0 Å². The van der Waals surface area contributed by atoms with Crippen molar-refractivity contribution in [2.75, 3.05) is 39.2 Å². The minimum atomic E-state index is -0.848. The third-order valence-electron chi connectivity index (χ3n) is 3.51. The number of amidine groups is 1. The summed E-state index contributed by atoms with van der Waals surface area (Å²) >= 11 is 8.96. The van der Waals surface area contributed by atoms with Gasteiger partial charge in [-0.1, -0.05) is 0 Å². The van der Waals surface area contributed by atoms with E-state index in [9.17, 15) is 8.78 Å². The number of halogens is 4. The Labute approximate surface area is 145 Å². The molecule has 0 atom stereocenters. The average Bonchev–Trinajstić information content (AvgIpc) is 2.66. The molecule has 5 nitrogen and oxygen atoms in total. The first-order valence-corrected chi connectivity index (χ1v) is 8.03. The molecular weight excluding hydrogens is 394 g/mol. The first-order valence-electron chi connectivity index (χ1n) is 6.85. The van der Waals surface area contributed by atoms with Crippen molar-refractivity contribution in [3.63, 3.8) is 0 Å². The first kappa shape index (κ1) is 16.5. The highest BCUT2D eigenvalue weighted by Crippen LogP contribution is 2.42. The van der Waals surface area contributed by atoms with Gasteiger partial charge in [0.25, 0.3) is 0 Å². The van der Waals surface area contributed by atoms with Gasteiger partial charge in [0.05, 0.1) is 21.9 Å². The second-order valence-corrected chi connectivity index (χ2v) is 6.54. The van der Waals surface area contributed by atoms with Gasteiger partial charge in [0.1, 0.15) is 12.5 Å². The van der Waals surface area contributed by atoms with Crippen LogP contribution in [-0.4, -0.2) is 49.5 Å². The lowest BCUT2D eigenvalue weighted by Gasteiger charge is -2.27. The zero-order valence-corrected chi connectivity index (χ0v) is 14.8. The summed E-state index contributed by atoms with van der Waals surface area (Å²) in [6, 6.07) is 0. The topological polar surface area (TPSA) is 40.1 Å². The van der Waals surface area contributed by atoms with Crippen LogP contribution in [0.4, 0.5) is 14.5 Å². The van der Waals surface area contributed by atoms with Gasteiger partial charge in [-0.05, 0) is 41.6 Å². The number of nitrogens with one attached hydrogen (secondary N) is 1. The van der Waals surface area contributed by atoms with Gasteiger partial charge in [0.15, 0.2) is 17.4 Å². The quantitative estimate of drug-likeness (QED) is 0.782. The van der Waals surface area contributed by atoms with Crippen molar-refractivity contribution in [3.05, 3.63) is 33.1 Å². The fraction of sp³-hybridized carbons (Fsp3) is 0.357. The molecule has 3 rings (SSSR count). The summed E-state index contributed by atoms with van der Waals surface area (Å²) in [5.41, 5.74) is 0.382. The molecule has 1 aromatic rings. The lowest BCUT2D eigenvalue weighted by molar-refractivity contribution is 0.365. The summed E-state index contributed by atoms with van der Waals surface area (Å²) in [6.45, 7) is 1.43. The van der Waals surface area contributed by atoms with Crippen LogP contribution in [0.1, 0.15) is 5.56 Å². The number of aliphatic imine (C=N–C) groups is 1. The Hall–Kier alpha value is -1.38. The number of ether oxygens (including phenoxy) is 1. The fourth-order valence-electron chi connectivity index (χ4n) is 2.41. The maximum atomic E-state index is 14.4. The minimum Gasteiger partial charge on any atom is -0.440 e. The second kappa shape index (κ2) is 6.26. The number of hydrogen-bond donors (Lipinski definition) is 1. The molecule has 2 heterocycles. The molecular formula is C14H14BrClF2N4O. The summed E-state index contributed by atoms with van der Waals surface area (Å²) in [4.78, 5) is 8.08. The molecule has 23 heavy (non-hydrogen) atoms. The number of rotatable bonds is 3. The lowest BCUT2D eigenvalue weighted by Crippen LogP contribution is -2.35. The van der Waals surface area contributed by atoms with Crippen molar-refractivity contribution in [2.24, 2.45) is 4.99 Å². The Bertz CT molecular complexity index is 723. The van der Waals surface area contributed by atoms with Crippen molar-refractivity contribution in [2.45, 2.75) is 0 Å². The molecule has 0 saturated heterocycles. The smallest absolute Gasteiger partial charge is 0.210 e. The minimum absolute atomic E-state index is 0.0135. The Morgan fingerprint density at radius 1 is 1.43 bits per heavy atom. The van der Waals surface area contributed by atoms with E-state index in [0.29, 0.717) is 18.9 Å². The number of likely N-dealkylation sites (N-methyl/N-ethyl adjacent to an activating group) is 1. The normalized spacial score (nSPS) is 16.2. The Balaban J connectivity index is 2.16. The molecule has 0 spiro atoms. The molecule has 0 aromatic heterocycles. The molecule has 0 aliphatic carbocycles. The first-order chi connectivity index (χ1) is 10.9. The third-order valence-corrected chi connectivity index (χ3v) is 4.38. The fourth-order valence-corrected chi connectivity index (χ4v) is 2.98. The maximum absolute atomic E-state index is 14.4. The van der Waals surface area contributed by atoms with Crippen LogP contribution in [0.3, 0.4) is 0 Å². The van der Waals surface area contributed by atoms with Crippen molar-refractivity contribution >= 4 is 39.1 Å². The molecule has 124 valence electrons. The van der Waals surface area contributed by atoms with Crippen molar-refractivity contribution in [3.8, 4) is 5.75 Å². The van der Waals surface area contributed by atoms with Crippen molar-refractivity contribution in [1.29, 1.82) is 0 Å². The van der Waals surface area contributed by atoms with Crippen LogP contribution >= 0.6 is 27.5 Å². The van der Waals surface area contributed by atoms with Crippen molar-refractivity contribution in [1.82, 2.24) is 9.80 Å². The van der Waals surface area contributed by atoms with Crippen LogP contribution < -0.4 is 10.1 Å². The largest absolute Gasteiger partial charge is 0.440 e. The average molecular weight is 408 g/mol. The molecule has 1 N–H and O–H groups in total. The SMILES string of the molecule is CN(C)CCN1C=C(Cl)Oc2c(F)c(Br)c(F)c3c2C1=NCN3. The van der Waals surface area contributed by atoms with Gasteiger partial charge in [0, 0.05) is 13.1 Å². The number of nitrogens with zero attached hydrogens (tertiary/aromatic N) is 3. The van der Waals surface area contributed by atoms with E-state index < -0.39 is 11.6 Å². The van der Waals surface area contributed by atoms with E-state index in [-0.39, 0.29) is 33.4 Å². The van der Waals surface area contributed by atoms with Gasteiger partial charge < -0.3 is 19.9 Å². The summed E-state index contributed by atoms with van der Waals surface area (Å²) in [7, 11) is 3.86. The van der Waals surface area contributed by atoms with Crippen molar-refractivity contribution < 1.29 is 13.5 Å². The van der Waals surface area contributed by atoms with Crippen LogP contribution in [0.15, 0.2) is 20.9 Å². The van der Waals surface area contributed by atoms with Gasteiger partial charge in [-0.15, -0.1) is 0 Å². The molecule has 1 aromatic carbocycles. The van der Waals surface area contributed by atoms with E-state index in [0.717, 1.165) is 0 Å². The molecule has 0 unspecified atom stereocenters. The zero-order valence-electron chi connectivity index (χ0n) is 12.5. The predicted octanol–water partition coefficient (Wildman–Crippen LogP) is 3.15. The standard InChI is InChI=1S/C14H14BrClF2N4O/c1-21(2)3-4-22-5-7(16)23-13-8-12(19-6-20-14(8)22)10(17)9(15)11(13)18/h5,19H,3-4,6H2,1-2H3. The van der Waals surface area contributed by atoms with E-state index >= 15 is 0 Å². The molecule has 0 bridgehead atoms. The highest BCUT2D eigenvalue weighted by atomic mass is 79.9. The molecule has 2 aliphatic rings. The third kappa shape index (κ3) is 2.90. The number of anilines is 1. The Morgan fingerprint density at radius 3 is 2.87 bits per heavy atom. The van der Waals surface area contributed by atoms with Gasteiger partial charge in [-0.3, -0.25) is 0 Å². The van der Waals surface area contributed by atoms with Gasteiger partial charge in [-0.25, -0.2) is 13.8 Å². The second-order valence-electron chi connectivity index (χ2n) is 5.37. The summed E-state index contributed by atoms with van der Waals surface area (Å²) in [5.74, 6) is -1.29. The molecule has 0 fully saturated rings. The predicted molar refractivity (Wildman–Crippen MR) is 88.9 cm³/mol. The van der Waals surface area contributed by atoms with E-state index in [4.69, 9.17) is 16.3 Å². The van der Waals surface area contributed by atoms with E-state index in [2.05, 4.69) is 26.2 Å². The van der Waals surface area contributed by atoms with E-state index in [1.165, 1.54) is 6.20 Å².